The van der Waals surface area contributed by atoms with E-state index in [9.17, 15) is 4.79 Å². The van der Waals surface area contributed by atoms with Crippen LogP contribution in [0.25, 0.3) is 11.1 Å². The third-order valence-electron chi connectivity index (χ3n) is 9.23. The van der Waals surface area contributed by atoms with E-state index in [4.69, 9.17) is 9.15 Å². The highest BCUT2D eigenvalue weighted by molar-refractivity contribution is 7.98. The van der Waals surface area contributed by atoms with Crippen molar-refractivity contribution >= 4 is 28.8 Å². The second-order valence-electron chi connectivity index (χ2n) is 12.4. The van der Waals surface area contributed by atoms with E-state index >= 15 is 0 Å². The zero-order valence-electron chi connectivity index (χ0n) is 23.9. The third-order valence-corrected chi connectivity index (χ3v) is 10.1. The lowest BCUT2D eigenvalue weighted by atomic mass is 9.50. The Morgan fingerprint density at radius 3 is 2.88 bits per heavy atom. The molecule has 210 valence electrons. The molecule has 2 aromatic heterocycles. The van der Waals surface area contributed by atoms with Gasteiger partial charge in [-0.15, -0.1) is 5.10 Å². The van der Waals surface area contributed by atoms with Gasteiger partial charge in [0.1, 0.15) is 12.1 Å². The predicted octanol–water partition coefficient (Wildman–Crippen LogP) is 7.09. The topological polar surface area (TPSA) is 83.0 Å². The van der Waals surface area contributed by atoms with E-state index in [2.05, 4.69) is 61.2 Å². The molecule has 40 heavy (non-hydrogen) atoms. The average Bonchev–Trinajstić information content (AvgIpc) is 3.56. The Kier molecular flexibility index (Phi) is 7.23. The standard InChI is InChI=1S/C32H38N4O3S/c1-21(2)22-10-12-25-23(16-22)11-13-28-31(3,14-7-15-32(25,28)4)20-38-29(37)18-36-17-24(34-35-36)19-40-30-33-26-8-5-6-9-27(26)39-30/h5-6,8-10,12,16-17,21,28H,7,11,13-15,18-20H2,1-4H3/t28-,31-,32+/m0/s1. The highest BCUT2D eigenvalue weighted by Gasteiger charge is 2.52. The van der Waals surface area contributed by atoms with Crippen molar-refractivity contribution in [1.82, 2.24) is 20.0 Å². The number of hydrogen-bond donors (Lipinski definition) is 0. The summed E-state index contributed by atoms with van der Waals surface area (Å²) in [5.41, 5.74) is 6.89. The van der Waals surface area contributed by atoms with Crippen LogP contribution in [-0.2, 0) is 33.7 Å². The zero-order valence-corrected chi connectivity index (χ0v) is 24.7. The Bertz CT molecular complexity index is 1490. The highest BCUT2D eigenvalue weighted by Crippen LogP contribution is 2.57. The number of benzene rings is 2. The van der Waals surface area contributed by atoms with Gasteiger partial charge < -0.3 is 9.15 Å². The van der Waals surface area contributed by atoms with Gasteiger partial charge in [0.2, 0.25) is 0 Å². The van der Waals surface area contributed by atoms with Crippen molar-refractivity contribution in [2.45, 2.75) is 88.7 Å². The molecule has 2 aliphatic rings. The number of carbonyl (C=O) groups is 1. The third kappa shape index (κ3) is 5.18. The van der Waals surface area contributed by atoms with Gasteiger partial charge in [-0.05, 0) is 71.8 Å². The lowest BCUT2D eigenvalue weighted by Gasteiger charge is -2.55. The number of hydrogen-bond acceptors (Lipinski definition) is 7. The minimum atomic E-state index is -0.269. The van der Waals surface area contributed by atoms with Crippen LogP contribution in [0.5, 0.6) is 0 Å². The molecule has 0 unspecified atom stereocenters. The molecule has 0 bridgehead atoms. The summed E-state index contributed by atoms with van der Waals surface area (Å²) in [6.45, 7) is 9.80. The molecule has 2 aromatic carbocycles. The molecule has 0 amide bonds. The van der Waals surface area contributed by atoms with Crippen molar-refractivity contribution in [3.05, 3.63) is 71.0 Å². The van der Waals surface area contributed by atoms with Crippen LogP contribution in [0.3, 0.4) is 0 Å². The fraction of sp³-hybridized carbons (Fsp3) is 0.500. The van der Waals surface area contributed by atoms with Crippen molar-refractivity contribution in [3.8, 4) is 0 Å². The molecule has 0 aliphatic heterocycles. The van der Waals surface area contributed by atoms with Crippen molar-refractivity contribution in [3.63, 3.8) is 0 Å². The second-order valence-corrected chi connectivity index (χ2v) is 13.3. The summed E-state index contributed by atoms with van der Waals surface area (Å²) >= 11 is 1.46. The van der Waals surface area contributed by atoms with E-state index in [0.717, 1.165) is 42.5 Å². The molecule has 1 fully saturated rings. The van der Waals surface area contributed by atoms with Crippen molar-refractivity contribution in [1.29, 1.82) is 0 Å². The van der Waals surface area contributed by atoms with E-state index in [-0.39, 0.29) is 23.3 Å². The monoisotopic (exact) mass is 558 g/mol. The van der Waals surface area contributed by atoms with E-state index in [0.29, 0.717) is 29.4 Å². The smallest absolute Gasteiger partial charge is 0.327 e. The van der Waals surface area contributed by atoms with Crippen LogP contribution in [0.4, 0.5) is 0 Å². The van der Waals surface area contributed by atoms with Gasteiger partial charge in [0.25, 0.3) is 5.22 Å². The number of para-hydroxylation sites is 2. The molecule has 2 aliphatic carbocycles. The first-order chi connectivity index (χ1) is 19.2. The summed E-state index contributed by atoms with van der Waals surface area (Å²) in [6.07, 6.45) is 7.46. The molecule has 0 N–H and O–H groups in total. The molecule has 3 atom stereocenters. The van der Waals surface area contributed by atoms with Crippen LogP contribution in [0.1, 0.15) is 81.7 Å². The van der Waals surface area contributed by atoms with E-state index < -0.39 is 0 Å². The SMILES string of the molecule is CC(C)c1ccc2c(c1)CC[C@H]1[C@](C)(COC(=O)Cn3cc(CSc4nc5ccccc5o4)nn3)CCC[C@]21C. The maximum Gasteiger partial charge on any atom is 0.327 e. The molecule has 6 rings (SSSR count). The molecule has 7 nitrogen and oxygen atoms in total. The Hall–Kier alpha value is -3.13. The molecule has 0 saturated heterocycles. The van der Waals surface area contributed by atoms with Crippen molar-refractivity contribution in [2.75, 3.05) is 6.61 Å². The van der Waals surface area contributed by atoms with Crippen LogP contribution in [0, 0.1) is 11.3 Å². The van der Waals surface area contributed by atoms with Crippen LogP contribution < -0.4 is 0 Å². The highest BCUT2D eigenvalue weighted by atomic mass is 32.2. The second kappa shape index (κ2) is 10.7. The fourth-order valence-electron chi connectivity index (χ4n) is 7.13. The first kappa shape index (κ1) is 27.1. The number of thioether (sulfide) groups is 1. The quantitative estimate of drug-likeness (QED) is 0.169. The largest absolute Gasteiger partial charge is 0.464 e. The molecule has 2 heterocycles. The minimum Gasteiger partial charge on any atom is -0.464 e. The number of oxazole rings is 1. The Balaban J connectivity index is 1.06. The molecule has 0 spiro atoms. The maximum atomic E-state index is 12.9. The normalized spacial score (nSPS) is 24.2. The molecular formula is C32H38N4O3S. The molecule has 1 saturated carbocycles. The summed E-state index contributed by atoms with van der Waals surface area (Å²) in [4.78, 5) is 17.4. The number of nitrogens with zero attached hydrogens (tertiary/aromatic N) is 4. The Morgan fingerprint density at radius 2 is 2.05 bits per heavy atom. The summed E-state index contributed by atoms with van der Waals surface area (Å²) in [6, 6.07) is 14.8. The van der Waals surface area contributed by atoms with Gasteiger partial charge >= 0.3 is 5.97 Å². The van der Waals surface area contributed by atoms with E-state index in [1.165, 1.54) is 34.9 Å². The maximum absolute atomic E-state index is 12.9. The predicted molar refractivity (Wildman–Crippen MR) is 156 cm³/mol. The first-order valence-electron chi connectivity index (χ1n) is 14.4. The van der Waals surface area contributed by atoms with Gasteiger partial charge in [-0.3, -0.25) is 4.79 Å². The Morgan fingerprint density at radius 1 is 1.20 bits per heavy atom. The zero-order chi connectivity index (χ0) is 27.9. The summed E-state index contributed by atoms with van der Waals surface area (Å²) in [5.74, 6) is 1.32. The average molecular weight is 559 g/mol. The Labute approximate surface area is 240 Å². The minimum absolute atomic E-state index is 0.0409. The summed E-state index contributed by atoms with van der Waals surface area (Å²) in [5, 5.41) is 8.96. The fourth-order valence-corrected chi connectivity index (χ4v) is 7.84. The molecule has 4 aromatic rings. The number of ether oxygens (including phenoxy) is 1. The van der Waals surface area contributed by atoms with Crippen LogP contribution >= 0.6 is 11.8 Å². The van der Waals surface area contributed by atoms with E-state index in [1.807, 2.05) is 24.3 Å². The van der Waals surface area contributed by atoms with E-state index in [1.54, 1.807) is 10.9 Å². The van der Waals surface area contributed by atoms with Gasteiger partial charge in [-0.2, -0.15) is 0 Å². The first-order valence-corrected chi connectivity index (χ1v) is 15.4. The van der Waals surface area contributed by atoms with Crippen molar-refractivity contribution < 1.29 is 13.9 Å². The summed E-state index contributed by atoms with van der Waals surface area (Å²) in [7, 11) is 0. The number of esters is 1. The molecule has 0 radical (unpaired) electrons. The lowest BCUT2D eigenvalue weighted by molar-refractivity contribution is -0.152. The van der Waals surface area contributed by atoms with Crippen LogP contribution in [-0.4, -0.2) is 32.6 Å². The van der Waals surface area contributed by atoms with Crippen LogP contribution in [0.15, 0.2) is 58.3 Å². The number of carbonyl (C=O) groups excluding carboxylic acids is 1. The van der Waals surface area contributed by atoms with Gasteiger partial charge in [0.15, 0.2) is 5.58 Å². The number of aryl methyl sites for hydroxylation is 1. The lowest BCUT2D eigenvalue weighted by Crippen LogP contribution is -2.51. The number of rotatable bonds is 8. The van der Waals surface area contributed by atoms with Crippen LogP contribution in [0.2, 0.25) is 0 Å². The summed E-state index contributed by atoms with van der Waals surface area (Å²) < 4.78 is 13.3. The van der Waals surface area contributed by atoms with Gasteiger partial charge in [0.05, 0.1) is 12.3 Å². The number of fused-ring (bicyclic) bond motifs is 4. The van der Waals surface area contributed by atoms with Crippen molar-refractivity contribution in [2.24, 2.45) is 11.3 Å². The van der Waals surface area contributed by atoms with Gasteiger partial charge in [0, 0.05) is 17.4 Å². The molecule has 8 heteroatoms. The van der Waals surface area contributed by atoms with Gasteiger partial charge in [-0.1, -0.05) is 81.4 Å². The van der Waals surface area contributed by atoms with Gasteiger partial charge in [-0.25, -0.2) is 9.67 Å². The number of aromatic nitrogens is 4. The molecular weight excluding hydrogens is 520 g/mol.